The molecule has 0 aromatic carbocycles. The van der Waals surface area contributed by atoms with Crippen molar-refractivity contribution in [1.82, 2.24) is 15.0 Å². The molecule has 1 heterocycles. The van der Waals surface area contributed by atoms with Crippen LogP contribution in [-0.4, -0.2) is 15.0 Å². The van der Waals surface area contributed by atoms with Crippen molar-refractivity contribution >= 4 is 0 Å². The van der Waals surface area contributed by atoms with Gasteiger partial charge in [-0.2, -0.15) is 0 Å². The summed E-state index contributed by atoms with van der Waals surface area (Å²) in [6.45, 7) is 4.50. The third-order valence-electron chi connectivity index (χ3n) is 3.08. The standard InChI is InChI=1S/C13H25N3/c1-3-5-6-7-8-10-13(9-4-2)16-12-11-14-15-16/h11-13H,3-10H2,1-2H3. The molecular formula is C13H25N3. The van der Waals surface area contributed by atoms with Crippen LogP contribution in [0.25, 0.3) is 0 Å². The Labute approximate surface area is 99.2 Å². The average molecular weight is 223 g/mol. The number of hydrogen-bond donors (Lipinski definition) is 0. The predicted octanol–water partition coefficient (Wildman–Crippen LogP) is 3.98. The number of hydrogen-bond acceptors (Lipinski definition) is 2. The van der Waals surface area contributed by atoms with Crippen molar-refractivity contribution in [1.29, 1.82) is 0 Å². The summed E-state index contributed by atoms with van der Waals surface area (Å²) in [7, 11) is 0. The summed E-state index contributed by atoms with van der Waals surface area (Å²) >= 11 is 0. The number of unbranched alkanes of at least 4 members (excludes halogenated alkanes) is 4. The number of aromatic nitrogens is 3. The van der Waals surface area contributed by atoms with Gasteiger partial charge in [0.2, 0.25) is 0 Å². The maximum absolute atomic E-state index is 4.12. The van der Waals surface area contributed by atoms with Crippen LogP contribution in [-0.2, 0) is 0 Å². The van der Waals surface area contributed by atoms with E-state index >= 15 is 0 Å². The summed E-state index contributed by atoms with van der Waals surface area (Å²) in [6.07, 6.45) is 14.2. The van der Waals surface area contributed by atoms with E-state index in [2.05, 4.69) is 24.2 Å². The fraction of sp³-hybridized carbons (Fsp3) is 0.846. The molecule has 1 aromatic heterocycles. The quantitative estimate of drug-likeness (QED) is 0.593. The topological polar surface area (TPSA) is 30.7 Å². The minimum absolute atomic E-state index is 0.564. The highest BCUT2D eigenvalue weighted by Crippen LogP contribution is 2.20. The molecule has 0 saturated heterocycles. The monoisotopic (exact) mass is 223 g/mol. The Balaban J connectivity index is 2.24. The molecular weight excluding hydrogens is 198 g/mol. The van der Waals surface area contributed by atoms with Crippen LogP contribution in [0.1, 0.15) is 71.3 Å². The lowest BCUT2D eigenvalue weighted by Gasteiger charge is -2.15. The second kappa shape index (κ2) is 8.31. The van der Waals surface area contributed by atoms with Crippen LogP contribution in [0.5, 0.6) is 0 Å². The highest BCUT2D eigenvalue weighted by Gasteiger charge is 2.09. The van der Waals surface area contributed by atoms with E-state index in [4.69, 9.17) is 0 Å². The Bertz CT molecular complexity index is 244. The third kappa shape index (κ3) is 4.77. The van der Waals surface area contributed by atoms with Gasteiger partial charge >= 0.3 is 0 Å². The van der Waals surface area contributed by atoms with E-state index in [1.54, 1.807) is 6.20 Å². The normalized spacial score (nSPS) is 12.9. The molecule has 16 heavy (non-hydrogen) atoms. The first-order valence-electron chi connectivity index (χ1n) is 6.74. The van der Waals surface area contributed by atoms with Crippen molar-refractivity contribution in [2.24, 2.45) is 0 Å². The molecule has 0 aliphatic rings. The van der Waals surface area contributed by atoms with E-state index in [0.717, 1.165) is 0 Å². The molecule has 0 aliphatic heterocycles. The molecule has 1 unspecified atom stereocenters. The van der Waals surface area contributed by atoms with E-state index in [1.165, 1.54) is 51.4 Å². The molecule has 3 heteroatoms. The van der Waals surface area contributed by atoms with Crippen LogP contribution < -0.4 is 0 Å². The van der Waals surface area contributed by atoms with Gasteiger partial charge in [0.25, 0.3) is 0 Å². The fourth-order valence-electron chi connectivity index (χ4n) is 2.14. The first kappa shape index (κ1) is 13.2. The third-order valence-corrected chi connectivity index (χ3v) is 3.08. The second-order valence-corrected chi connectivity index (χ2v) is 4.53. The van der Waals surface area contributed by atoms with E-state index in [-0.39, 0.29) is 0 Å². The Kier molecular flexibility index (Phi) is 6.86. The van der Waals surface area contributed by atoms with Gasteiger partial charge in [0, 0.05) is 6.20 Å². The lowest BCUT2D eigenvalue weighted by atomic mass is 10.0. The summed E-state index contributed by atoms with van der Waals surface area (Å²) in [5.41, 5.74) is 0. The molecule has 1 rings (SSSR count). The Hall–Kier alpha value is -0.860. The zero-order valence-corrected chi connectivity index (χ0v) is 10.7. The van der Waals surface area contributed by atoms with Crippen molar-refractivity contribution in [3.05, 3.63) is 12.4 Å². The van der Waals surface area contributed by atoms with Gasteiger partial charge in [-0.3, -0.25) is 0 Å². The van der Waals surface area contributed by atoms with Crippen LogP contribution in [0.15, 0.2) is 12.4 Å². The van der Waals surface area contributed by atoms with Crippen molar-refractivity contribution in [3.63, 3.8) is 0 Å². The highest BCUT2D eigenvalue weighted by atomic mass is 15.4. The van der Waals surface area contributed by atoms with Gasteiger partial charge in [-0.25, -0.2) is 4.68 Å². The van der Waals surface area contributed by atoms with Gasteiger partial charge in [-0.05, 0) is 12.8 Å². The van der Waals surface area contributed by atoms with Gasteiger partial charge in [0.05, 0.1) is 12.2 Å². The van der Waals surface area contributed by atoms with Crippen molar-refractivity contribution in [2.75, 3.05) is 0 Å². The summed E-state index contributed by atoms with van der Waals surface area (Å²) in [5, 5.41) is 8.01. The Morgan fingerprint density at radius 3 is 2.44 bits per heavy atom. The highest BCUT2D eigenvalue weighted by molar-refractivity contribution is 4.72. The van der Waals surface area contributed by atoms with E-state index in [1.807, 2.05) is 10.9 Å². The van der Waals surface area contributed by atoms with Crippen LogP contribution >= 0.6 is 0 Å². The van der Waals surface area contributed by atoms with Crippen LogP contribution in [0, 0.1) is 0 Å². The second-order valence-electron chi connectivity index (χ2n) is 4.53. The molecule has 0 N–H and O–H groups in total. The smallest absolute Gasteiger partial charge is 0.0693 e. The average Bonchev–Trinajstić information content (AvgIpc) is 2.81. The summed E-state index contributed by atoms with van der Waals surface area (Å²) in [6, 6.07) is 0.564. The van der Waals surface area contributed by atoms with Gasteiger partial charge in [-0.1, -0.05) is 57.6 Å². The molecule has 1 aromatic rings. The minimum atomic E-state index is 0.564. The molecule has 0 amide bonds. The van der Waals surface area contributed by atoms with Crippen molar-refractivity contribution < 1.29 is 0 Å². The molecule has 0 fully saturated rings. The molecule has 1 atom stereocenters. The molecule has 0 saturated carbocycles. The van der Waals surface area contributed by atoms with Crippen molar-refractivity contribution in [2.45, 2.75) is 71.3 Å². The van der Waals surface area contributed by atoms with Crippen LogP contribution in [0.3, 0.4) is 0 Å². The predicted molar refractivity (Wildman–Crippen MR) is 67.3 cm³/mol. The van der Waals surface area contributed by atoms with Gasteiger partial charge in [0.15, 0.2) is 0 Å². The van der Waals surface area contributed by atoms with Gasteiger partial charge < -0.3 is 0 Å². The maximum Gasteiger partial charge on any atom is 0.0693 e. The van der Waals surface area contributed by atoms with Gasteiger partial charge in [-0.15, -0.1) is 5.10 Å². The van der Waals surface area contributed by atoms with Crippen LogP contribution in [0.4, 0.5) is 0 Å². The van der Waals surface area contributed by atoms with E-state index < -0.39 is 0 Å². The zero-order valence-electron chi connectivity index (χ0n) is 10.7. The lowest BCUT2D eigenvalue weighted by molar-refractivity contribution is 0.371. The lowest BCUT2D eigenvalue weighted by Crippen LogP contribution is -2.09. The first-order chi connectivity index (χ1) is 7.88. The molecule has 0 aliphatic carbocycles. The summed E-state index contributed by atoms with van der Waals surface area (Å²) < 4.78 is 2.03. The Morgan fingerprint density at radius 2 is 1.81 bits per heavy atom. The summed E-state index contributed by atoms with van der Waals surface area (Å²) in [4.78, 5) is 0. The molecule has 3 nitrogen and oxygen atoms in total. The maximum atomic E-state index is 4.12. The number of rotatable bonds is 9. The van der Waals surface area contributed by atoms with E-state index in [0.29, 0.717) is 6.04 Å². The Morgan fingerprint density at radius 1 is 1.00 bits per heavy atom. The summed E-state index contributed by atoms with van der Waals surface area (Å²) in [5.74, 6) is 0. The molecule has 0 bridgehead atoms. The first-order valence-corrected chi connectivity index (χ1v) is 6.74. The molecule has 0 radical (unpaired) electrons. The fourth-order valence-corrected chi connectivity index (χ4v) is 2.14. The number of nitrogens with zero attached hydrogens (tertiary/aromatic N) is 3. The molecule has 92 valence electrons. The van der Waals surface area contributed by atoms with Crippen molar-refractivity contribution in [3.8, 4) is 0 Å². The zero-order chi connectivity index (χ0) is 11.6. The largest absolute Gasteiger partial charge is 0.250 e. The van der Waals surface area contributed by atoms with Gasteiger partial charge in [0.1, 0.15) is 0 Å². The SMILES string of the molecule is CCCCCCCC(CCC)n1ccnn1. The molecule has 0 spiro atoms. The van der Waals surface area contributed by atoms with E-state index in [9.17, 15) is 0 Å². The minimum Gasteiger partial charge on any atom is -0.250 e. The van der Waals surface area contributed by atoms with Crippen LogP contribution in [0.2, 0.25) is 0 Å².